The minimum atomic E-state index is -0.0559. The molecule has 5 heteroatoms. The lowest BCUT2D eigenvalue weighted by molar-refractivity contribution is 0.679. The number of hydrogen-bond donors (Lipinski definition) is 0. The molecule has 76 valence electrons. The molecule has 15 heavy (non-hydrogen) atoms. The van der Waals surface area contributed by atoms with Gasteiger partial charge in [-0.05, 0) is 13.0 Å². The number of aryl methyl sites for hydroxylation is 2. The Hall–Kier alpha value is -1.67. The molecule has 2 aromatic rings. The van der Waals surface area contributed by atoms with Crippen molar-refractivity contribution in [3.8, 4) is 6.07 Å². The molecule has 0 fully saturated rings. The van der Waals surface area contributed by atoms with Gasteiger partial charge in [-0.3, -0.25) is 9.36 Å². The first kappa shape index (κ1) is 9.87. The Balaban J connectivity index is 2.56. The molecule has 0 saturated carbocycles. The van der Waals surface area contributed by atoms with Gasteiger partial charge in [-0.25, -0.2) is 4.98 Å². The predicted octanol–water partition coefficient (Wildman–Crippen LogP) is 1.68. The molecule has 0 amide bonds. The van der Waals surface area contributed by atoms with Gasteiger partial charge in [0.1, 0.15) is 4.83 Å². The minimum Gasteiger partial charge on any atom is -0.298 e. The molecule has 0 aliphatic rings. The van der Waals surface area contributed by atoms with Gasteiger partial charge in [0.2, 0.25) is 0 Å². The fraction of sp³-hybridized carbons (Fsp3) is 0.300. The van der Waals surface area contributed by atoms with E-state index in [0.29, 0.717) is 18.4 Å². The zero-order chi connectivity index (χ0) is 10.8. The van der Waals surface area contributed by atoms with E-state index in [9.17, 15) is 4.79 Å². The number of hydrogen-bond acceptors (Lipinski definition) is 4. The second kappa shape index (κ2) is 3.83. The second-order valence-electron chi connectivity index (χ2n) is 3.23. The third kappa shape index (κ3) is 1.76. The van der Waals surface area contributed by atoms with E-state index in [2.05, 4.69) is 4.98 Å². The SMILES string of the molecule is Cc1cc2c(=O)n(CCC#N)cnc2s1. The van der Waals surface area contributed by atoms with Gasteiger partial charge in [0, 0.05) is 11.4 Å². The summed E-state index contributed by atoms with van der Waals surface area (Å²) in [6.45, 7) is 2.36. The van der Waals surface area contributed by atoms with E-state index in [1.807, 2.05) is 19.1 Å². The molecular formula is C10H9N3OS. The van der Waals surface area contributed by atoms with Gasteiger partial charge < -0.3 is 0 Å². The molecule has 2 heterocycles. The van der Waals surface area contributed by atoms with Crippen molar-refractivity contribution in [2.75, 3.05) is 0 Å². The maximum atomic E-state index is 11.9. The number of fused-ring (bicyclic) bond motifs is 1. The smallest absolute Gasteiger partial charge is 0.262 e. The van der Waals surface area contributed by atoms with E-state index >= 15 is 0 Å². The molecule has 0 N–H and O–H groups in total. The van der Waals surface area contributed by atoms with E-state index in [4.69, 9.17) is 5.26 Å². The monoisotopic (exact) mass is 219 g/mol. The highest BCUT2D eigenvalue weighted by atomic mass is 32.1. The quantitative estimate of drug-likeness (QED) is 0.772. The van der Waals surface area contributed by atoms with Crippen molar-refractivity contribution in [3.05, 3.63) is 27.6 Å². The lowest BCUT2D eigenvalue weighted by Gasteiger charge is -2.00. The number of nitrogens with zero attached hydrogens (tertiary/aromatic N) is 3. The molecule has 0 aromatic carbocycles. The van der Waals surface area contributed by atoms with Crippen molar-refractivity contribution in [2.45, 2.75) is 19.9 Å². The van der Waals surface area contributed by atoms with E-state index in [1.54, 1.807) is 0 Å². The van der Waals surface area contributed by atoms with Crippen LogP contribution in [0.4, 0.5) is 0 Å². The van der Waals surface area contributed by atoms with Crippen LogP contribution in [0.25, 0.3) is 10.2 Å². The predicted molar refractivity (Wildman–Crippen MR) is 58.8 cm³/mol. The highest BCUT2D eigenvalue weighted by Gasteiger charge is 2.06. The van der Waals surface area contributed by atoms with Gasteiger partial charge in [-0.15, -0.1) is 11.3 Å². The summed E-state index contributed by atoms with van der Waals surface area (Å²) in [5.74, 6) is 0. The van der Waals surface area contributed by atoms with E-state index < -0.39 is 0 Å². The zero-order valence-electron chi connectivity index (χ0n) is 8.23. The number of aromatic nitrogens is 2. The largest absolute Gasteiger partial charge is 0.298 e. The van der Waals surface area contributed by atoms with Gasteiger partial charge in [-0.2, -0.15) is 5.26 Å². The fourth-order valence-corrected chi connectivity index (χ4v) is 2.25. The summed E-state index contributed by atoms with van der Waals surface area (Å²) >= 11 is 1.51. The third-order valence-electron chi connectivity index (χ3n) is 2.11. The van der Waals surface area contributed by atoms with Gasteiger partial charge in [-0.1, -0.05) is 0 Å². The van der Waals surface area contributed by atoms with E-state index in [0.717, 1.165) is 9.71 Å². The summed E-state index contributed by atoms with van der Waals surface area (Å²) in [5, 5.41) is 9.10. The molecule has 2 rings (SSSR count). The molecule has 0 saturated heterocycles. The van der Waals surface area contributed by atoms with Crippen molar-refractivity contribution in [3.63, 3.8) is 0 Å². The van der Waals surface area contributed by atoms with E-state index in [-0.39, 0.29) is 5.56 Å². The van der Waals surface area contributed by atoms with Crippen molar-refractivity contribution >= 4 is 21.6 Å². The molecule has 0 bridgehead atoms. The average Bonchev–Trinajstić information content (AvgIpc) is 2.59. The Labute approximate surface area is 90.4 Å². The topological polar surface area (TPSA) is 58.7 Å². The van der Waals surface area contributed by atoms with Crippen LogP contribution in [0.1, 0.15) is 11.3 Å². The molecule has 0 aliphatic carbocycles. The van der Waals surface area contributed by atoms with Crippen molar-refractivity contribution < 1.29 is 0 Å². The molecule has 0 radical (unpaired) electrons. The van der Waals surface area contributed by atoms with Crippen LogP contribution >= 0.6 is 11.3 Å². The van der Waals surface area contributed by atoms with Crippen molar-refractivity contribution in [1.29, 1.82) is 5.26 Å². The second-order valence-corrected chi connectivity index (χ2v) is 4.46. The number of thiophene rings is 1. The summed E-state index contributed by atoms with van der Waals surface area (Å²) in [6.07, 6.45) is 1.84. The highest BCUT2D eigenvalue weighted by Crippen LogP contribution is 2.19. The maximum Gasteiger partial charge on any atom is 0.262 e. The third-order valence-corrected chi connectivity index (χ3v) is 3.06. The normalized spacial score (nSPS) is 10.4. The Morgan fingerprint density at radius 1 is 1.67 bits per heavy atom. The summed E-state index contributed by atoms with van der Waals surface area (Å²) in [7, 11) is 0. The van der Waals surface area contributed by atoms with Gasteiger partial charge >= 0.3 is 0 Å². The van der Waals surface area contributed by atoms with Crippen LogP contribution in [0.2, 0.25) is 0 Å². The first-order chi connectivity index (χ1) is 7.22. The lowest BCUT2D eigenvalue weighted by atomic mass is 10.3. The van der Waals surface area contributed by atoms with Gasteiger partial charge in [0.05, 0.1) is 24.2 Å². The van der Waals surface area contributed by atoms with Gasteiger partial charge in [0.15, 0.2) is 0 Å². The van der Waals surface area contributed by atoms with Crippen LogP contribution in [-0.2, 0) is 6.54 Å². The van der Waals surface area contributed by atoms with Crippen LogP contribution in [0, 0.1) is 18.3 Å². The molecule has 0 atom stereocenters. The van der Waals surface area contributed by atoms with Crippen molar-refractivity contribution in [1.82, 2.24) is 9.55 Å². The van der Waals surface area contributed by atoms with Crippen LogP contribution < -0.4 is 5.56 Å². The van der Waals surface area contributed by atoms with Crippen LogP contribution in [0.15, 0.2) is 17.2 Å². The molecular weight excluding hydrogens is 210 g/mol. The van der Waals surface area contributed by atoms with Crippen molar-refractivity contribution in [2.24, 2.45) is 0 Å². The first-order valence-electron chi connectivity index (χ1n) is 4.55. The maximum absolute atomic E-state index is 11.9. The number of nitriles is 1. The fourth-order valence-electron chi connectivity index (χ4n) is 1.41. The molecule has 0 unspecified atom stereocenters. The zero-order valence-corrected chi connectivity index (χ0v) is 9.04. The molecule has 0 aliphatic heterocycles. The summed E-state index contributed by atoms with van der Waals surface area (Å²) in [5.41, 5.74) is -0.0559. The molecule has 0 spiro atoms. The highest BCUT2D eigenvalue weighted by molar-refractivity contribution is 7.18. The van der Waals surface area contributed by atoms with E-state index in [1.165, 1.54) is 22.2 Å². The summed E-state index contributed by atoms with van der Waals surface area (Å²) in [4.78, 5) is 17.9. The Kier molecular flexibility index (Phi) is 2.52. The van der Waals surface area contributed by atoms with Crippen LogP contribution in [0.5, 0.6) is 0 Å². The van der Waals surface area contributed by atoms with Crippen LogP contribution in [-0.4, -0.2) is 9.55 Å². The Morgan fingerprint density at radius 3 is 3.20 bits per heavy atom. The summed E-state index contributed by atoms with van der Waals surface area (Å²) < 4.78 is 1.48. The number of rotatable bonds is 2. The van der Waals surface area contributed by atoms with Gasteiger partial charge in [0.25, 0.3) is 5.56 Å². The molecule has 2 aromatic heterocycles. The average molecular weight is 219 g/mol. The summed E-state index contributed by atoms with van der Waals surface area (Å²) in [6, 6.07) is 3.86. The van der Waals surface area contributed by atoms with Crippen LogP contribution in [0.3, 0.4) is 0 Å². The standard InChI is InChI=1S/C10H9N3OS/c1-7-5-8-9(15-7)12-6-13(10(8)14)4-2-3-11/h5-6H,2,4H2,1H3. The Morgan fingerprint density at radius 2 is 2.47 bits per heavy atom. The Bertz CT molecular complexity index is 591. The lowest BCUT2D eigenvalue weighted by Crippen LogP contribution is -2.19. The minimum absolute atomic E-state index is 0.0559. The molecule has 4 nitrogen and oxygen atoms in total. The first-order valence-corrected chi connectivity index (χ1v) is 5.36.